The molecular weight excluding hydrogens is 216 g/mol. The van der Waals surface area contributed by atoms with Gasteiger partial charge in [-0.05, 0) is 37.5 Å². The van der Waals surface area contributed by atoms with Gasteiger partial charge in [-0.2, -0.15) is 0 Å². The highest BCUT2D eigenvalue weighted by atomic mass is 16.6. The van der Waals surface area contributed by atoms with Crippen LogP contribution in [-0.2, 0) is 14.3 Å². The van der Waals surface area contributed by atoms with Crippen molar-refractivity contribution in [1.82, 2.24) is 0 Å². The summed E-state index contributed by atoms with van der Waals surface area (Å²) in [6.07, 6.45) is 2.18. The van der Waals surface area contributed by atoms with E-state index in [4.69, 9.17) is 4.74 Å². The van der Waals surface area contributed by atoms with E-state index in [0.717, 1.165) is 12.8 Å². The number of carbonyl (C=O) groups is 2. The predicted molar refractivity (Wildman–Crippen MR) is 64.3 cm³/mol. The Balaban J connectivity index is 2.29. The molecule has 0 N–H and O–H groups in total. The zero-order valence-corrected chi connectivity index (χ0v) is 11.1. The predicted octanol–water partition coefficient (Wildman–Crippen LogP) is 2.44. The second-order valence-electron chi connectivity index (χ2n) is 6.03. The molecule has 2 fully saturated rings. The van der Waals surface area contributed by atoms with Crippen LogP contribution in [0.5, 0.6) is 0 Å². The summed E-state index contributed by atoms with van der Waals surface area (Å²) in [4.78, 5) is 23.5. The van der Waals surface area contributed by atoms with Crippen LogP contribution in [0.3, 0.4) is 0 Å². The van der Waals surface area contributed by atoms with Crippen molar-refractivity contribution in [2.45, 2.75) is 46.6 Å². The Labute approximate surface area is 103 Å². The van der Waals surface area contributed by atoms with Crippen LogP contribution in [0.2, 0.25) is 0 Å². The first-order valence-corrected chi connectivity index (χ1v) is 6.64. The molecule has 0 aromatic rings. The van der Waals surface area contributed by atoms with Crippen molar-refractivity contribution >= 4 is 11.8 Å². The molecule has 3 heteroatoms. The fourth-order valence-electron chi connectivity index (χ4n) is 3.62. The van der Waals surface area contributed by atoms with Crippen molar-refractivity contribution in [3.63, 3.8) is 0 Å². The molecule has 0 unspecified atom stereocenters. The summed E-state index contributed by atoms with van der Waals surface area (Å²) in [6, 6.07) is 0. The molecule has 17 heavy (non-hydrogen) atoms. The molecule has 1 saturated carbocycles. The number of fused-ring (bicyclic) bond motifs is 1. The molecule has 1 aliphatic carbocycles. The van der Waals surface area contributed by atoms with E-state index in [1.165, 1.54) is 6.92 Å². The highest BCUT2D eigenvalue weighted by Crippen LogP contribution is 2.47. The second kappa shape index (κ2) is 4.43. The molecule has 2 aliphatic rings. The molecule has 1 aliphatic heterocycles. The molecule has 0 amide bonds. The third-order valence-corrected chi connectivity index (χ3v) is 4.60. The SMILES string of the molecule is CC(=O)[C@H]1C(=O)O[C@@H]2[C@@H]1[C@H](C)CC[C@H]2C(C)C. The normalized spacial score (nSPS) is 41.2. The lowest BCUT2D eigenvalue weighted by Gasteiger charge is -2.39. The van der Waals surface area contributed by atoms with E-state index in [2.05, 4.69) is 20.8 Å². The number of Topliss-reactive ketones (excluding diaryl/α,β-unsaturated/α-hetero) is 1. The molecule has 96 valence electrons. The Morgan fingerprint density at radius 3 is 2.53 bits per heavy atom. The van der Waals surface area contributed by atoms with Gasteiger partial charge in [-0.25, -0.2) is 0 Å². The molecule has 0 aromatic heterocycles. The van der Waals surface area contributed by atoms with E-state index < -0.39 is 5.92 Å². The number of ketones is 1. The molecule has 2 rings (SSSR count). The first kappa shape index (κ1) is 12.6. The largest absolute Gasteiger partial charge is 0.461 e. The van der Waals surface area contributed by atoms with E-state index in [-0.39, 0.29) is 23.8 Å². The highest BCUT2D eigenvalue weighted by Gasteiger charge is 2.54. The maximum Gasteiger partial charge on any atom is 0.317 e. The summed E-state index contributed by atoms with van der Waals surface area (Å²) >= 11 is 0. The lowest BCUT2D eigenvalue weighted by Crippen LogP contribution is -2.41. The fourth-order valence-corrected chi connectivity index (χ4v) is 3.62. The minimum absolute atomic E-state index is 0.0276. The van der Waals surface area contributed by atoms with Gasteiger partial charge in [-0.1, -0.05) is 20.8 Å². The van der Waals surface area contributed by atoms with E-state index in [1.54, 1.807) is 0 Å². The Bertz CT molecular complexity index is 334. The fraction of sp³-hybridized carbons (Fsp3) is 0.857. The number of esters is 1. The van der Waals surface area contributed by atoms with Gasteiger partial charge in [0.2, 0.25) is 0 Å². The van der Waals surface area contributed by atoms with Crippen LogP contribution in [0.1, 0.15) is 40.5 Å². The Kier molecular flexibility index (Phi) is 3.28. The molecule has 0 aromatic carbocycles. The van der Waals surface area contributed by atoms with E-state index in [0.29, 0.717) is 17.8 Å². The minimum atomic E-state index is -0.503. The van der Waals surface area contributed by atoms with Crippen LogP contribution in [0.4, 0.5) is 0 Å². The minimum Gasteiger partial charge on any atom is -0.461 e. The molecule has 0 bridgehead atoms. The van der Waals surface area contributed by atoms with E-state index in [1.807, 2.05) is 0 Å². The highest BCUT2D eigenvalue weighted by molar-refractivity contribution is 5.99. The van der Waals surface area contributed by atoms with Gasteiger partial charge in [0.1, 0.15) is 17.8 Å². The maximum atomic E-state index is 11.9. The van der Waals surface area contributed by atoms with E-state index in [9.17, 15) is 9.59 Å². The zero-order chi connectivity index (χ0) is 12.7. The van der Waals surface area contributed by atoms with Gasteiger partial charge in [0.05, 0.1) is 0 Å². The molecule has 1 saturated heterocycles. The van der Waals surface area contributed by atoms with Crippen LogP contribution in [0.15, 0.2) is 0 Å². The van der Waals surface area contributed by atoms with Crippen LogP contribution in [0.25, 0.3) is 0 Å². The first-order valence-electron chi connectivity index (χ1n) is 6.64. The first-order chi connectivity index (χ1) is 7.93. The third kappa shape index (κ3) is 2.00. The van der Waals surface area contributed by atoms with Gasteiger partial charge in [0.25, 0.3) is 0 Å². The Morgan fingerprint density at radius 2 is 2.00 bits per heavy atom. The lowest BCUT2D eigenvalue weighted by molar-refractivity contribution is -0.148. The molecule has 0 radical (unpaired) electrons. The molecular formula is C14H22O3. The molecule has 3 nitrogen and oxygen atoms in total. The zero-order valence-electron chi connectivity index (χ0n) is 11.1. The van der Waals surface area contributed by atoms with Gasteiger partial charge in [-0.3, -0.25) is 9.59 Å². The van der Waals surface area contributed by atoms with Crippen molar-refractivity contribution in [2.75, 3.05) is 0 Å². The smallest absolute Gasteiger partial charge is 0.317 e. The van der Waals surface area contributed by atoms with E-state index >= 15 is 0 Å². The second-order valence-corrected chi connectivity index (χ2v) is 6.03. The number of rotatable bonds is 2. The lowest BCUT2D eigenvalue weighted by atomic mass is 9.65. The van der Waals surface area contributed by atoms with Crippen LogP contribution in [0, 0.1) is 29.6 Å². The van der Waals surface area contributed by atoms with Gasteiger partial charge in [-0.15, -0.1) is 0 Å². The van der Waals surface area contributed by atoms with Crippen molar-refractivity contribution in [3.8, 4) is 0 Å². The maximum absolute atomic E-state index is 11.9. The Morgan fingerprint density at radius 1 is 1.35 bits per heavy atom. The molecule has 5 atom stereocenters. The number of hydrogen-bond donors (Lipinski definition) is 0. The van der Waals surface area contributed by atoms with Gasteiger partial charge < -0.3 is 4.74 Å². The topological polar surface area (TPSA) is 43.4 Å². The average molecular weight is 238 g/mol. The van der Waals surface area contributed by atoms with Crippen molar-refractivity contribution in [1.29, 1.82) is 0 Å². The summed E-state index contributed by atoms with van der Waals surface area (Å²) in [6.45, 7) is 8.01. The van der Waals surface area contributed by atoms with Crippen molar-refractivity contribution in [3.05, 3.63) is 0 Å². The van der Waals surface area contributed by atoms with Crippen LogP contribution < -0.4 is 0 Å². The van der Waals surface area contributed by atoms with Gasteiger partial charge in [0.15, 0.2) is 0 Å². The standard InChI is InChI=1S/C14H22O3/c1-7(2)10-6-5-8(3)11-12(9(4)15)14(16)17-13(10)11/h7-8,10-13H,5-6H2,1-4H3/t8-,10+,11-,12-,13+/m1/s1. The summed E-state index contributed by atoms with van der Waals surface area (Å²) in [5.41, 5.74) is 0. The summed E-state index contributed by atoms with van der Waals surface area (Å²) in [7, 11) is 0. The number of hydrogen-bond acceptors (Lipinski definition) is 3. The summed E-state index contributed by atoms with van der Waals surface area (Å²) < 4.78 is 5.52. The summed E-state index contributed by atoms with van der Waals surface area (Å²) in [5.74, 6) is 0.636. The number of ether oxygens (including phenoxy) is 1. The molecule has 1 heterocycles. The van der Waals surface area contributed by atoms with Crippen LogP contribution >= 0.6 is 0 Å². The van der Waals surface area contributed by atoms with Gasteiger partial charge in [0, 0.05) is 5.92 Å². The van der Waals surface area contributed by atoms with Crippen LogP contribution in [-0.4, -0.2) is 17.9 Å². The monoisotopic (exact) mass is 238 g/mol. The number of carbonyl (C=O) groups excluding carboxylic acids is 2. The molecule has 0 spiro atoms. The van der Waals surface area contributed by atoms with Crippen molar-refractivity contribution < 1.29 is 14.3 Å². The van der Waals surface area contributed by atoms with Crippen molar-refractivity contribution in [2.24, 2.45) is 29.6 Å². The summed E-state index contributed by atoms with van der Waals surface area (Å²) in [5, 5.41) is 0. The quantitative estimate of drug-likeness (QED) is 0.548. The Hall–Kier alpha value is -0.860. The third-order valence-electron chi connectivity index (χ3n) is 4.60. The van der Waals surface area contributed by atoms with Gasteiger partial charge >= 0.3 is 5.97 Å². The average Bonchev–Trinajstić information content (AvgIpc) is 2.55.